The van der Waals surface area contributed by atoms with E-state index in [1.165, 1.54) is 12.3 Å². The van der Waals surface area contributed by atoms with Crippen LogP contribution in [-0.4, -0.2) is 29.6 Å². The summed E-state index contributed by atoms with van der Waals surface area (Å²) in [6.07, 6.45) is 4.56. The van der Waals surface area contributed by atoms with Crippen LogP contribution in [-0.2, 0) is 14.8 Å². The van der Waals surface area contributed by atoms with Gasteiger partial charge >= 0.3 is 0 Å². The Bertz CT molecular complexity index is 414. The van der Waals surface area contributed by atoms with Crippen molar-refractivity contribution in [2.75, 3.05) is 0 Å². The maximum absolute atomic E-state index is 11.3. The Labute approximate surface area is 102 Å². The second kappa shape index (κ2) is 4.11. The van der Waals surface area contributed by atoms with Crippen LogP contribution in [0, 0.1) is 0 Å². The van der Waals surface area contributed by atoms with E-state index in [9.17, 15) is 8.42 Å². The molecule has 0 radical (unpaired) electrons. The summed E-state index contributed by atoms with van der Waals surface area (Å²) in [5.74, 6) is 0. The maximum Gasteiger partial charge on any atom is 0.218 e. The largest absolute Gasteiger partial charge is 0.366 e. The quantitative estimate of drug-likeness (QED) is 0.761. The molecule has 2 aliphatic rings. The van der Waals surface area contributed by atoms with Crippen molar-refractivity contribution in [1.82, 2.24) is 0 Å². The van der Waals surface area contributed by atoms with E-state index in [0.717, 1.165) is 12.8 Å². The van der Waals surface area contributed by atoms with E-state index in [2.05, 4.69) is 4.99 Å². The average Bonchev–Trinajstić information content (AvgIpc) is 2.90. The molecule has 0 saturated heterocycles. The fourth-order valence-electron chi connectivity index (χ4n) is 1.34. The third-order valence-corrected chi connectivity index (χ3v) is 4.30. The van der Waals surface area contributed by atoms with E-state index in [0.29, 0.717) is 3.72 Å². The summed E-state index contributed by atoms with van der Waals surface area (Å²) in [5.41, 5.74) is 0. The fourth-order valence-corrected chi connectivity index (χ4v) is 3.10. The molecule has 1 heterocycles. The molecule has 1 saturated carbocycles. The Morgan fingerprint density at radius 1 is 1.53 bits per heavy atom. The van der Waals surface area contributed by atoms with Crippen LogP contribution in [0.5, 0.6) is 0 Å². The van der Waals surface area contributed by atoms with Crippen LogP contribution in [0.2, 0.25) is 0 Å². The summed E-state index contributed by atoms with van der Waals surface area (Å²) in [6.45, 7) is 0. The molecule has 0 bridgehead atoms. The Kier molecular flexibility index (Phi) is 3.15. The lowest BCUT2D eigenvalue weighted by atomic mass is 10.2. The van der Waals surface area contributed by atoms with Crippen LogP contribution in [0.4, 0.5) is 0 Å². The average molecular weight is 342 g/mol. The monoisotopic (exact) mass is 342 g/mol. The second-order valence-corrected chi connectivity index (χ2v) is 6.43. The molecule has 0 spiro atoms. The molecule has 1 fully saturated rings. The van der Waals surface area contributed by atoms with Gasteiger partial charge in [0, 0.05) is 6.20 Å². The van der Waals surface area contributed by atoms with Crippen molar-refractivity contribution in [3.8, 4) is 0 Å². The normalized spacial score (nSPS) is 31.5. The first kappa shape index (κ1) is 11.5. The van der Waals surface area contributed by atoms with E-state index >= 15 is 0 Å². The highest BCUT2D eigenvalue weighted by atomic mass is 127. The smallest absolute Gasteiger partial charge is 0.218 e. The lowest BCUT2D eigenvalue weighted by Crippen LogP contribution is -2.43. The van der Waals surface area contributed by atoms with Crippen LogP contribution >= 0.6 is 22.6 Å². The number of sulfonamides is 1. The van der Waals surface area contributed by atoms with Gasteiger partial charge in [-0.3, -0.25) is 4.99 Å². The first-order valence-electron chi connectivity index (χ1n) is 4.55. The maximum atomic E-state index is 11.3. The van der Waals surface area contributed by atoms with Gasteiger partial charge < -0.3 is 4.74 Å². The van der Waals surface area contributed by atoms with Crippen LogP contribution in [0.1, 0.15) is 12.8 Å². The molecule has 7 heteroatoms. The number of hydrogen-bond donors (Lipinski definition) is 1. The Morgan fingerprint density at radius 2 is 2.20 bits per heavy atom. The van der Waals surface area contributed by atoms with E-state index < -0.39 is 21.4 Å². The molecular weight excluding hydrogens is 331 g/mol. The third-order valence-electron chi connectivity index (χ3n) is 2.25. The summed E-state index contributed by atoms with van der Waals surface area (Å²) < 4.78 is 28.9. The predicted octanol–water partition coefficient (Wildman–Crippen LogP) is 0.552. The second-order valence-electron chi connectivity index (χ2n) is 3.60. The van der Waals surface area contributed by atoms with E-state index in [4.69, 9.17) is 9.88 Å². The van der Waals surface area contributed by atoms with Crippen LogP contribution < -0.4 is 5.14 Å². The summed E-state index contributed by atoms with van der Waals surface area (Å²) >= 11 is 1.99. The minimum Gasteiger partial charge on any atom is -0.366 e. The molecule has 1 aliphatic carbocycles. The van der Waals surface area contributed by atoms with Gasteiger partial charge in [-0.15, -0.1) is 0 Å². The van der Waals surface area contributed by atoms with Gasteiger partial charge in [-0.1, -0.05) is 0 Å². The highest BCUT2D eigenvalue weighted by molar-refractivity contribution is 14.1. The highest BCUT2D eigenvalue weighted by Crippen LogP contribution is 2.29. The van der Waals surface area contributed by atoms with Crippen molar-refractivity contribution in [3.63, 3.8) is 0 Å². The van der Waals surface area contributed by atoms with E-state index in [1.807, 2.05) is 22.6 Å². The number of nitrogens with two attached hydrogens (primary N) is 1. The van der Waals surface area contributed by atoms with Gasteiger partial charge in [-0.2, -0.15) is 0 Å². The third kappa shape index (κ3) is 2.77. The van der Waals surface area contributed by atoms with Crippen molar-refractivity contribution in [2.45, 2.75) is 30.3 Å². The molecule has 15 heavy (non-hydrogen) atoms. The van der Waals surface area contributed by atoms with Crippen molar-refractivity contribution in [3.05, 3.63) is 12.3 Å². The molecule has 0 amide bonds. The van der Waals surface area contributed by atoms with Crippen LogP contribution in [0.25, 0.3) is 0 Å². The molecule has 1 aliphatic heterocycles. The standard InChI is InChI=1S/C8H11IN2O3S/c9-8-7(14-5-1-2-5)6(3-4-11-8)15(10,12)13/h3-7H,1-2H2,(H2,10,12,13). The molecule has 2 atom stereocenters. The Hall–Kier alpha value is 0.01000. The van der Waals surface area contributed by atoms with Crippen LogP contribution in [0.3, 0.4) is 0 Å². The fraction of sp³-hybridized carbons (Fsp3) is 0.625. The zero-order valence-corrected chi connectivity index (χ0v) is 10.8. The van der Waals surface area contributed by atoms with Crippen LogP contribution in [0.15, 0.2) is 17.3 Å². The lowest BCUT2D eigenvalue weighted by Gasteiger charge is -2.24. The van der Waals surface area contributed by atoms with E-state index in [-0.39, 0.29) is 6.10 Å². The number of rotatable bonds is 3. The number of aliphatic imine (C=N–C) groups is 1. The van der Waals surface area contributed by atoms with Gasteiger partial charge in [0.05, 0.1) is 6.10 Å². The highest BCUT2D eigenvalue weighted by Gasteiger charge is 2.38. The molecule has 2 unspecified atom stereocenters. The summed E-state index contributed by atoms with van der Waals surface area (Å²) in [4.78, 5) is 4.03. The van der Waals surface area contributed by atoms with E-state index in [1.54, 1.807) is 0 Å². The van der Waals surface area contributed by atoms with Crippen molar-refractivity contribution >= 4 is 36.3 Å². The minimum absolute atomic E-state index is 0.172. The van der Waals surface area contributed by atoms with Gasteiger partial charge in [0.1, 0.15) is 15.1 Å². The summed E-state index contributed by atoms with van der Waals surface area (Å²) in [5, 5.41) is 4.34. The Balaban J connectivity index is 2.20. The number of nitrogens with zero attached hydrogens (tertiary/aromatic N) is 1. The summed E-state index contributed by atoms with van der Waals surface area (Å²) in [7, 11) is -3.62. The van der Waals surface area contributed by atoms with Crippen molar-refractivity contribution in [2.24, 2.45) is 10.1 Å². The first-order valence-corrected chi connectivity index (χ1v) is 7.24. The number of primary sulfonamides is 1. The zero-order chi connectivity index (χ0) is 11.1. The Morgan fingerprint density at radius 3 is 2.73 bits per heavy atom. The zero-order valence-electron chi connectivity index (χ0n) is 7.84. The topological polar surface area (TPSA) is 81.8 Å². The molecule has 0 aromatic carbocycles. The SMILES string of the molecule is NS(=O)(=O)C1C=CN=C(I)C1OC1CC1. The summed E-state index contributed by atoms with van der Waals surface area (Å²) in [6, 6.07) is 0. The molecule has 2 rings (SSSR count). The minimum atomic E-state index is -3.62. The molecule has 0 aromatic rings. The van der Waals surface area contributed by atoms with Gasteiger partial charge in [0.25, 0.3) is 0 Å². The number of halogens is 1. The number of hydrogen-bond acceptors (Lipinski definition) is 4. The molecule has 5 nitrogen and oxygen atoms in total. The lowest BCUT2D eigenvalue weighted by molar-refractivity contribution is 0.0887. The van der Waals surface area contributed by atoms with Gasteiger partial charge in [0.2, 0.25) is 10.0 Å². The predicted molar refractivity (Wildman–Crippen MR) is 65.4 cm³/mol. The molecular formula is C8H11IN2O3S. The van der Waals surface area contributed by atoms with Crippen molar-refractivity contribution < 1.29 is 13.2 Å². The first-order chi connectivity index (χ1) is 6.98. The van der Waals surface area contributed by atoms with Gasteiger partial charge in [-0.25, -0.2) is 13.6 Å². The van der Waals surface area contributed by atoms with Gasteiger partial charge in [-0.05, 0) is 41.5 Å². The molecule has 84 valence electrons. The molecule has 2 N–H and O–H groups in total. The van der Waals surface area contributed by atoms with Crippen molar-refractivity contribution in [1.29, 1.82) is 0 Å². The molecule has 0 aromatic heterocycles. The van der Waals surface area contributed by atoms with Gasteiger partial charge in [0.15, 0.2) is 0 Å². The number of ether oxygens (including phenoxy) is 1.